The Hall–Kier alpha value is -5.38. The van der Waals surface area contributed by atoms with Crippen LogP contribution in [0.25, 0.3) is 6.08 Å². The van der Waals surface area contributed by atoms with E-state index in [4.69, 9.17) is 23.4 Å². The van der Waals surface area contributed by atoms with Gasteiger partial charge < -0.3 is 33.6 Å². The number of allylic oxidation sites excluding steroid dienone is 1. The Bertz CT molecular complexity index is 1600. The molecule has 0 saturated carbocycles. The SMILES string of the molecule is COCCOc1ccc(NC(=O)N(O)C2N(c3ccc(OCCOC)cc3)C(=O)N(CC(=O)N/N=C/C=C/c3ccc(C)o3)C2(C)C)cc1. The summed E-state index contributed by atoms with van der Waals surface area (Å²) in [4.78, 5) is 42.9. The van der Waals surface area contributed by atoms with E-state index in [2.05, 4.69) is 15.8 Å². The van der Waals surface area contributed by atoms with Gasteiger partial charge in [0.2, 0.25) is 0 Å². The second-order valence-electron chi connectivity index (χ2n) is 11.4. The van der Waals surface area contributed by atoms with E-state index in [0.29, 0.717) is 60.1 Å². The summed E-state index contributed by atoms with van der Waals surface area (Å²) in [6, 6.07) is 15.2. The zero-order valence-electron chi connectivity index (χ0n) is 28.1. The van der Waals surface area contributed by atoms with Gasteiger partial charge in [-0.05, 0) is 93.6 Å². The Balaban J connectivity index is 1.52. The van der Waals surface area contributed by atoms with E-state index in [-0.39, 0.29) is 0 Å². The lowest BCUT2D eigenvalue weighted by Crippen LogP contribution is -2.58. The summed E-state index contributed by atoms with van der Waals surface area (Å²) in [5.41, 5.74) is 1.85. The molecule has 2 aromatic carbocycles. The lowest BCUT2D eigenvalue weighted by Gasteiger charge is -2.38. The summed E-state index contributed by atoms with van der Waals surface area (Å²) in [6.07, 6.45) is 3.37. The summed E-state index contributed by atoms with van der Waals surface area (Å²) in [6.45, 7) is 6.19. The first-order valence-corrected chi connectivity index (χ1v) is 15.4. The number of urea groups is 2. The van der Waals surface area contributed by atoms with Crippen molar-refractivity contribution in [3.63, 3.8) is 0 Å². The van der Waals surface area contributed by atoms with Crippen molar-refractivity contribution in [2.24, 2.45) is 5.10 Å². The maximum atomic E-state index is 14.0. The second kappa shape index (κ2) is 17.1. The molecule has 3 aromatic rings. The van der Waals surface area contributed by atoms with Crippen LogP contribution in [0.15, 0.2) is 76.3 Å². The summed E-state index contributed by atoms with van der Waals surface area (Å²) >= 11 is 0. The minimum atomic E-state index is -1.28. The molecule has 0 spiro atoms. The lowest BCUT2D eigenvalue weighted by molar-refractivity contribution is -0.124. The normalized spacial score (nSPS) is 15.6. The predicted molar refractivity (Wildman–Crippen MR) is 182 cm³/mol. The van der Waals surface area contributed by atoms with Gasteiger partial charge in [-0.2, -0.15) is 10.2 Å². The summed E-state index contributed by atoms with van der Waals surface area (Å²) in [5, 5.41) is 18.4. The van der Waals surface area contributed by atoms with E-state index in [0.717, 1.165) is 5.76 Å². The zero-order chi connectivity index (χ0) is 35.4. The van der Waals surface area contributed by atoms with Gasteiger partial charge in [-0.15, -0.1) is 0 Å². The average molecular weight is 679 g/mol. The molecule has 0 bridgehead atoms. The molecule has 2 heterocycles. The van der Waals surface area contributed by atoms with Crippen LogP contribution >= 0.6 is 0 Å². The predicted octanol–water partition coefficient (Wildman–Crippen LogP) is 4.72. The smallest absolute Gasteiger partial charge is 0.347 e. The molecule has 49 heavy (non-hydrogen) atoms. The van der Waals surface area contributed by atoms with Crippen molar-refractivity contribution in [1.29, 1.82) is 0 Å². The van der Waals surface area contributed by atoms with Crippen LogP contribution in [0.1, 0.15) is 25.4 Å². The van der Waals surface area contributed by atoms with Crippen LogP contribution in [0, 0.1) is 6.92 Å². The molecule has 5 amide bonds. The van der Waals surface area contributed by atoms with Crippen LogP contribution in [-0.2, 0) is 14.3 Å². The van der Waals surface area contributed by atoms with Crippen LogP contribution in [0.5, 0.6) is 11.5 Å². The van der Waals surface area contributed by atoms with Crippen molar-refractivity contribution in [2.75, 3.05) is 57.4 Å². The van der Waals surface area contributed by atoms with Gasteiger partial charge in [0.15, 0.2) is 6.17 Å². The topological polar surface area (TPSA) is 168 Å². The fourth-order valence-corrected chi connectivity index (χ4v) is 5.00. The standard InChI is InChI=1S/C34H42N6O9/c1-24-8-13-29(49-24)7-6-18-35-37-30(41)23-38-33(43)39(26-11-16-28(17-12-26)48-22-20-46-5)31(34(38,2)3)40(44)32(42)36-25-9-14-27(15-10-25)47-21-19-45-4/h6-18,31,44H,19-23H2,1-5H3,(H,36,42)(H,37,41)/b7-6+,35-18+. The Morgan fingerprint density at radius 3 is 2.14 bits per heavy atom. The van der Waals surface area contributed by atoms with Gasteiger partial charge in [0.1, 0.15) is 42.8 Å². The number of anilines is 2. The van der Waals surface area contributed by atoms with Crippen LogP contribution in [0.4, 0.5) is 21.0 Å². The van der Waals surface area contributed by atoms with Gasteiger partial charge in [-0.1, -0.05) is 0 Å². The fraction of sp³-hybridized carbons (Fsp3) is 0.353. The van der Waals surface area contributed by atoms with Crippen LogP contribution < -0.4 is 25.1 Å². The Morgan fingerprint density at radius 2 is 1.57 bits per heavy atom. The molecule has 4 rings (SSSR count). The van der Waals surface area contributed by atoms with Gasteiger partial charge >= 0.3 is 12.1 Å². The quantitative estimate of drug-likeness (QED) is 0.0840. The maximum absolute atomic E-state index is 14.0. The molecule has 1 aromatic heterocycles. The van der Waals surface area contributed by atoms with Gasteiger partial charge in [-0.3, -0.25) is 14.9 Å². The van der Waals surface area contributed by atoms with Crippen molar-refractivity contribution >= 4 is 41.6 Å². The number of furan rings is 1. The zero-order valence-corrected chi connectivity index (χ0v) is 28.1. The highest BCUT2D eigenvalue weighted by Gasteiger charge is 2.56. The third-order valence-electron chi connectivity index (χ3n) is 7.45. The molecule has 15 heteroatoms. The highest BCUT2D eigenvalue weighted by atomic mass is 16.5. The lowest BCUT2D eigenvalue weighted by atomic mass is 9.99. The monoisotopic (exact) mass is 678 g/mol. The Morgan fingerprint density at radius 1 is 0.959 bits per heavy atom. The van der Waals surface area contributed by atoms with Gasteiger partial charge in [-0.25, -0.2) is 15.0 Å². The number of hydrogen-bond donors (Lipinski definition) is 3. The first-order chi connectivity index (χ1) is 23.5. The number of ether oxygens (including phenoxy) is 4. The van der Waals surface area contributed by atoms with Crippen LogP contribution in [0.3, 0.4) is 0 Å². The number of carbonyl (C=O) groups excluding carboxylic acids is 3. The first kappa shape index (κ1) is 36.5. The van der Waals surface area contributed by atoms with E-state index in [1.165, 1.54) is 16.0 Å². The molecule has 1 atom stereocenters. The molecule has 262 valence electrons. The van der Waals surface area contributed by atoms with Crippen LogP contribution in [0.2, 0.25) is 0 Å². The summed E-state index contributed by atoms with van der Waals surface area (Å²) < 4.78 is 26.7. The van der Waals surface area contributed by atoms with E-state index in [9.17, 15) is 19.6 Å². The Labute approximate surface area is 284 Å². The molecule has 0 radical (unpaired) electrons. The molecule has 1 aliphatic heterocycles. The van der Waals surface area contributed by atoms with E-state index in [1.807, 2.05) is 13.0 Å². The number of aryl methyl sites for hydroxylation is 1. The molecular weight excluding hydrogens is 636 g/mol. The molecule has 15 nitrogen and oxygen atoms in total. The number of hydroxylamine groups is 2. The number of hydrazone groups is 1. The first-order valence-electron chi connectivity index (χ1n) is 15.4. The number of amides is 5. The molecule has 0 aliphatic carbocycles. The van der Waals surface area contributed by atoms with Gasteiger partial charge in [0, 0.05) is 31.8 Å². The highest BCUT2D eigenvalue weighted by Crippen LogP contribution is 2.38. The van der Waals surface area contributed by atoms with Gasteiger partial charge in [0.05, 0.1) is 18.8 Å². The highest BCUT2D eigenvalue weighted by molar-refractivity contribution is 6.00. The van der Waals surface area contributed by atoms with Crippen molar-refractivity contribution in [3.8, 4) is 11.5 Å². The van der Waals surface area contributed by atoms with E-state index >= 15 is 0 Å². The van der Waals surface area contributed by atoms with Crippen molar-refractivity contribution < 1.29 is 43.0 Å². The molecule has 1 unspecified atom stereocenters. The minimum absolute atomic E-state index is 0.322. The maximum Gasteiger partial charge on any atom is 0.347 e. The second-order valence-corrected chi connectivity index (χ2v) is 11.4. The Kier molecular flexibility index (Phi) is 12.8. The number of carbonyl (C=O) groups is 3. The third-order valence-corrected chi connectivity index (χ3v) is 7.45. The number of nitrogens with one attached hydrogen (secondary N) is 2. The largest absolute Gasteiger partial charge is 0.491 e. The number of nitrogens with zero attached hydrogens (tertiary/aromatic N) is 4. The number of hydrogen-bond acceptors (Lipinski definition) is 10. The van der Waals surface area contributed by atoms with Gasteiger partial charge in [0.25, 0.3) is 5.91 Å². The van der Waals surface area contributed by atoms with Crippen LogP contribution in [-0.4, -0.2) is 98.3 Å². The molecule has 1 saturated heterocycles. The average Bonchev–Trinajstić information content (AvgIpc) is 3.58. The number of methoxy groups -OCH3 is 2. The summed E-state index contributed by atoms with van der Waals surface area (Å²) in [7, 11) is 3.14. The van der Waals surface area contributed by atoms with E-state index in [1.54, 1.807) is 94.8 Å². The van der Waals surface area contributed by atoms with E-state index < -0.39 is 36.2 Å². The minimum Gasteiger partial charge on any atom is -0.491 e. The van der Waals surface area contributed by atoms with Crippen molar-refractivity contribution in [1.82, 2.24) is 15.4 Å². The fourth-order valence-electron chi connectivity index (χ4n) is 5.00. The third kappa shape index (κ3) is 9.59. The molecule has 1 aliphatic rings. The molecular formula is C34H42N6O9. The summed E-state index contributed by atoms with van der Waals surface area (Å²) in [5.74, 6) is 1.90. The number of rotatable bonds is 16. The van der Waals surface area contributed by atoms with Crippen molar-refractivity contribution in [2.45, 2.75) is 32.5 Å². The molecule has 1 fully saturated rings. The number of benzene rings is 2. The molecule has 3 N–H and O–H groups in total. The van der Waals surface area contributed by atoms with Crippen molar-refractivity contribution in [3.05, 3.63) is 78.3 Å².